The van der Waals surface area contributed by atoms with Crippen LogP contribution in [0.5, 0.6) is 5.75 Å². The van der Waals surface area contributed by atoms with Crippen LogP contribution in [0.4, 0.5) is 10.6 Å². The summed E-state index contributed by atoms with van der Waals surface area (Å²) in [5.74, 6) is 1.45. The molecule has 0 saturated carbocycles. The van der Waals surface area contributed by atoms with E-state index in [-0.39, 0.29) is 40.2 Å². The second-order valence-corrected chi connectivity index (χ2v) is 15.4. The van der Waals surface area contributed by atoms with E-state index in [0.29, 0.717) is 25.1 Å². The average molecular weight is 656 g/mol. The van der Waals surface area contributed by atoms with Gasteiger partial charge < -0.3 is 20.3 Å². The van der Waals surface area contributed by atoms with Gasteiger partial charge in [0.1, 0.15) is 23.5 Å². The summed E-state index contributed by atoms with van der Waals surface area (Å²) in [5.41, 5.74) is 2.61. The number of aromatic nitrogens is 5. The van der Waals surface area contributed by atoms with Crippen LogP contribution in [0.25, 0.3) is 5.65 Å². The van der Waals surface area contributed by atoms with Gasteiger partial charge in [0.2, 0.25) is 5.82 Å². The highest BCUT2D eigenvalue weighted by Gasteiger charge is 2.31. The molecule has 3 N–H and O–H groups in total. The normalized spacial score (nSPS) is 16.8. The highest BCUT2D eigenvalue weighted by molar-refractivity contribution is 5.92. The van der Waals surface area contributed by atoms with Crippen molar-refractivity contribution in [2.45, 2.75) is 96.7 Å². The molecular formula is C36H49N9O3. The predicted molar refractivity (Wildman–Crippen MR) is 186 cm³/mol. The number of ether oxygens (including phenoxy) is 1. The number of anilines is 1. The van der Waals surface area contributed by atoms with Crippen LogP contribution in [0, 0.1) is 0 Å². The van der Waals surface area contributed by atoms with Crippen molar-refractivity contribution in [1.82, 2.24) is 40.1 Å². The van der Waals surface area contributed by atoms with Crippen LogP contribution in [-0.4, -0.2) is 67.6 Å². The van der Waals surface area contributed by atoms with E-state index >= 15 is 0 Å². The molecule has 0 spiro atoms. The van der Waals surface area contributed by atoms with Gasteiger partial charge in [-0.15, -0.1) is 10.2 Å². The van der Waals surface area contributed by atoms with Crippen LogP contribution < -0.4 is 20.7 Å². The molecule has 0 unspecified atom stereocenters. The maximum atomic E-state index is 13.4. The Morgan fingerprint density at radius 1 is 0.917 bits per heavy atom. The Morgan fingerprint density at radius 2 is 1.62 bits per heavy atom. The Kier molecular flexibility index (Phi) is 9.51. The molecule has 0 aliphatic heterocycles. The van der Waals surface area contributed by atoms with Gasteiger partial charge in [0, 0.05) is 29.0 Å². The van der Waals surface area contributed by atoms with E-state index in [4.69, 9.17) is 4.74 Å². The topological polar surface area (TPSA) is 139 Å². The van der Waals surface area contributed by atoms with Crippen LogP contribution in [0.15, 0.2) is 48.7 Å². The molecule has 3 heterocycles. The van der Waals surface area contributed by atoms with Crippen LogP contribution in [0.1, 0.15) is 114 Å². The zero-order chi connectivity index (χ0) is 35.0. The molecule has 48 heavy (non-hydrogen) atoms. The van der Waals surface area contributed by atoms with Crippen molar-refractivity contribution in [3.8, 4) is 5.75 Å². The summed E-state index contributed by atoms with van der Waals surface area (Å²) in [6.07, 6.45) is 3.12. The third-order valence-electron chi connectivity index (χ3n) is 8.90. The Balaban J connectivity index is 1.31. The number of likely N-dealkylation sites (N-methyl/N-ethyl adjacent to an activating group) is 1. The van der Waals surface area contributed by atoms with Gasteiger partial charge in [-0.1, -0.05) is 65.8 Å². The standard InChI is InChI=1S/C36H49N9O3/c1-34(2,3)27-19-28(40-30(39-27)31(46)37-21-36(7,8)44(9)10)41-33(47)38-25-16-17-26(24-14-12-11-13-23(24)25)48-22-15-18-29-42-43-32(35(4,5)6)45(29)20-22/h11-15,18-20,25-26H,16-17,21H2,1-10H3,(H,37,46)(H2,38,39,40,41,47)/t25-,26+/m0/s1. The van der Waals surface area contributed by atoms with Crippen molar-refractivity contribution in [3.63, 3.8) is 0 Å². The van der Waals surface area contributed by atoms with Crippen molar-refractivity contribution in [3.05, 3.63) is 77.1 Å². The van der Waals surface area contributed by atoms with Gasteiger partial charge >= 0.3 is 6.03 Å². The van der Waals surface area contributed by atoms with E-state index in [9.17, 15) is 9.59 Å². The van der Waals surface area contributed by atoms with Crippen LogP contribution in [-0.2, 0) is 10.8 Å². The molecule has 12 heteroatoms. The summed E-state index contributed by atoms with van der Waals surface area (Å²) in [5, 5.41) is 17.6. The summed E-state index contributed by atoms with van der Waals surface area (Å²) in [7, 11) is 3.92. The van der Waals surface area contributed by atoms with E-state index < -0.39 is 11.9 Å². The number of amides is 3. The van der Waals surface area contributed by atoms with Crippen molar-refractivity contribution >= 4 is 23.4 Å². The SMILES string of the molecule is CN(C)C(C)(C)CNC(=O)c1nc(NC(=O)N[C@H]2CC[C@@H](Oc3ccc4nnc(C(C)(C)C)n4c3)c3ccccc32)cc(C(C)(C)C)n1. The third kappa shape index (κ3) is 7.75. The molecule has 0 radical (unpaired) electrons. The summed E-state index contributed by atoms with van der Waals surface area (Å²) in [6, 6.07) is 12.9. The molecule has 5 rings (SSSR count). The van der Waals surface area contributed by atoms with Gasteiger partial charge in [0.25, 0.3) is 5.91 Å². The number of nitrogens with one attached hydrogen (secondary N) is 3. The Hall–Kier alpha value is -4.58. The predicted octanol–water partition coefficient (Wildman–Crippen LogP) is 5.96. The van der Waals surface area contributed by atoms with Gasteiger partial charge in [-0.3, -0.25) is 14.5 Å². The largest absolute Gasteiger partial charge is 0.484 e. The number of urea groups is 1. The van der Waals surface area contributed by atoms with Gasteiger partial charge in [-0.2, -0.15) is 0 Å². The van der Waals surface area contributed by atoms with Gasteiger partial charge in [-0.05, 0) is 64.0 Å². The summed E-state index contributed by atoms with van der Waals surface area (Å²) in [4.78, 5) is 37.6. The minimum Gasteiger partial charge on any atom is -0.484 e. The lowest BCUT2D eigenvalue weighted by atomic mass is 9.85. The number of pyridine rings is 1. The Morgan fingerprint density at radius 3 is 2.29 bits per heavy atom. The maximum Gasteiger partial charge on any atom is 0.320 e. The monoisotopic (exact) mass is 655 g/mol. The number of nitrogens with zero attached hydrogens (tertiary/aromatic N) is 6. The number of hydrogen-bond donors (Lipinski definition) is 3. The molecule has 3 aromatic heterocycles. The zero-order valence-corrected chi connectivity index (χ0v) is 29.8. The number of rotatable bonds is 8. The van der Waals surface area contributed by atoms with Crippen LogP contribution in [0.3, 0.4) is 0 Å². The summed E-state index contributed by atoms with van der Waals surface area (Å²) >= 11 is 0. The first-order chi connectivity index (χ1) is 22.4. The van der Waals surface area contributed by atoms with Crippen LogP contribution >= 0.6 is 0 Å². The lowest BCUT2D eigenvalue weighted by molar-refractivity contribution is 0.0909. The molecule has 2 atom stereocenters. The number of fused-ring (bicyclic) bond motifs is 2. The van der Waals surface area contributed by atoms with E-state index in [0.717, 1.165) is 28.3 Å². The maximum absolute atomic E-state index is 13.4. The summed E-state index contributed by atoms with van der Waals surface area (Å²) < 4.78 is 8.53. The second-order valence-electron chi connectivity index (χ2n) is 15.4. The van der Waals surface area contributed by atoms with E-state index in [1.807, 2.05) is 101 Å². The molecule has 256 valence electrons. The zero-order valence-electron chi connectivity index (χ0n) is 29.8. The summed E-state index contributed by atoms with van der Waals surface area (Å²) in [6.45, 7) is 16.8. The molecule has 0 fully saturated rings. The van der Waals surface area contributed by atoms with Crippen molar-refractivity contribution in [1.29, 1.82) is 0 Å². The quantitative estimate of drug-likeness (QED) is 0.211. The van der Waals surface area contributed by atoms with E-state index in [1.54, 1.807) is 6.07 Å². The molecule has 12 nitrogen and oxygen atoms in total. The number of hydrogen-bond acceptors (Lipinski definition) is 8. The molecule has 1 aliphatic carbocycles. The number of carbonyl (C=O) groups is 2. The molecule has 4 aromatic rings. The molecule has 0 saturated heterocycles. The van der Waals surface area contributed by atoms with E-state index in [1.165, 1.54) is 0 Å². The highest BCUT2D eigenvalue weighted by Crippen LogP contribution is 2.39. The fourth-order valence-electron chi connectivity index (χ4n) is 5.48. The number of benzene rings is 1. The number of carbonyl (C=O) groups excluding carboxylic acids is 2. The van der Waals surface area contributed by atoms with Crippen molar-refractivity contribution in [2.24, 2.45) is 0 Å². The third-order valence-corrected chi connectivity index (χ3v) is 8.90. The van der Waals surface area contributed by atoms with Gasteiger partial charge in [0.15, 0.2) is 5.65 Å². The lowest BCUT2D eigenvalue weighted by Crippen LogP contribution is -2.48. The van der Waals surface area contributed by atoms with Crippen molar-refractivity contribution in [2.75, 3.05) is 26.0 Å². The van der Waals surface area contributed by atoms with Crippen molar-refractivity contribution < 1.29 is 14.3 Å². The average Bonchev–Trinajstić information content (AvgIpc) is 3.44. The smallest absolute Gasteiger partial charge is 0.320 e. The molecule has 1 aliphatic rings. The van der Waals surface area contributed by atoms with Gasteiger partial charge in [0.05, 0.1) is 17.9 Å². The first kappa shape index (κ1) is 34.7. The lowest BCUT2D eigenvalue weighted by Gasteiger charge is -2.32. The fraction of sp³-hybridized carbons (Fsp3) is 0.500. The molecule has 3 amide bonds. The molecule has 0 bridgehead atoms. The minimum atomic E-state index is -0.416. The highest BCUT2D eigenvalue weighted by atomic mass is 16.5. The van der Waals surface area contributed by atoms with Gasteiger partial charge in [-0.25, -0.2) is 14.8 Å². The van der Waals surface area contributed by atoms with E-state index in [2.05, 4.69) is 56.9 Å². The molecular weight excluding hydrogens is 606 g/mol. The minimum absolute atomic E-state index is 0.00886. The van der Waals surface area contributed by atoms with Crippen LogP contribution in [0.2, 0.25) is 0 Å². The fourth-order valence-corrected chi connectivity index (χ4v) is 5.48. The second kappa shape index (κ2) is 13.1. The Bertz CT molecular complexity index is 1800. The first-order valence-corrected chi connectivity index (χ1v) is 16.5. The first-order valence-electron chi connectivity index (χ1n) is 16.5. The Labute approximate surface area is 283 Å². The molecule has 1 aromatic carbocycles.